The molecule has 3 rings (SSSR count). The topological polar surface area (TPSA) is 119 Å². The van der Waals surface area contributed by atoms with E-state index in [0.717, 1.165) is 11.3 Å². The van der Waals surface area contributed by atoms with Crippen LogP contribution in [0.3, 0.4) is 0 Å². The van der Waals surface area contributed by atoms with Gasteiger partial charge in [0, 0.05) is 18.7 Å². The predicted molar refractivity (Wildman–Crippen MR) is 119 cm³/mol. The number of carbonyl (C=O) groups is 1. The van der Waals surface area contributed by atoms with Gasteiger partial charge < -0.3 is 15.4 Å². The summed E-state index contributed by atoms with van der Waals surface area (Å²) in [7, 11) is -5.77. The molecular formula is C21H26N2O6S2. The highest BCUT2D eigenvalue weighted by Gasteiger charge is 2.45. The summed E-state index contributed by atoms with van der Waals surface area (Å²) < 4.78 is 55.9. The second-order valence-electron chi connectivity index (χ2n) is 7.52. The van der Waals surface area contributed by atoms with Gasteiger partial charge in [-0.3, -0.25) is 4.79 Å². The zero-order chi connectivity index (χ0) is 22.6. The van der Waals surface area contributed by atoms with E-state index in [-0.39, 0.29) is 16.6 Å². The Morgan fingerprint density at radius 3 is 2.29 bits per heavy atom. The summed E-state index contributed by atoms with van der Waals surface area (Å²) >= 11 is 0. The summed E-state index contributed by atoms with van der Waals surface area (Å²) in [6, 6.07) is 12.6. The van der Waals surface area contributed by atoms with E-state index in [1.165, 1.54) is 31.2 Å². The lowest BCUT2D eigenvalue weighted by Gasteiger charge is -2.20. The van der Waals surface area contributed by atoms with Crippen molar-refractivity contribution in [2.75, 3.05) is 30.5 Å². The van der Waals surface area contributed by atoms with Gasteiger partial charge in [0.25, 0.3) is 0 Å². The van der Waals surface area contributed by atoms with E-state index in [1.807, 2.05) is 24.3 Å². The molecule has 2 N–H and O–H groups in total. The Labute approximate surface area is 182 Å². The van der Waals surface area contributed by atoms with Gasteiger partial charge in [-0.15, -0.1) is 0 Å². The van der Waals surface area contributed by atoms with Crippen molar-refractivity contribution in [1.82, 2.24) is 5.32 Å². The highest BCUT2D eigenvalue weighted by Crippen LogP contribution is 2.27. The molecule has 31 heavy (non-hydrogen) atoms. The van der Waals surface area contributed by atoms with Gasteiger partial charge in [0.1, 0.15) is 5.75 Å². The Balaban J connectivity index is 1.71. The fourth-order valence-electron chi connectivity index (χ4n) is 3.61. The third-order valence-corrected chi connectivity index (χ3v) is 9.35. The Morgan fingerprint density at radius 2 is 1.71 bits per heavy atom. The van der Waals surface area contributed by atoms with Gasteiger partial charge in [-0.05, 0) is 54.9 Å². The second kappa shape index (κ2) is 9.37. The minimum absolute atomic E-state index is 0.0330. The molecule has 168 valence electrons. The van der Waals surface area contributed by atoms with Crippen LogP contribution in [0.2, 0.25) is 0 Å². The maximum absolute atomic E-state index is 13.2. The Bertz CT molecular complexity index is 1130. The summed E-state index contributed by atoms with van der Waals surface area (Å²) in [6.45, 7) is 1.80. The van der Waals surface area contributed by atoms with Crippen LogP contribution in [0.1, 0.15) is 12.5 Å². The van der Waals surface area contributed by atoms with Gasteiger partial charge in [0.05, 0.1) is 28.8 Å². The molecule has 8 nitrogen and oxygen atoms in total. The van der Waals surface area contributed by atoms with Gasteiger partial charge in [-0.1, -0.05) is 12.1 Å². The molecule has 0 bridgehead atoms. The second-order valence-corrected chi connectivity index (χ2v) is 11.8. The first-order valence-electron chi connectivity index (χ1n) is 9.79. The number of benzene rings is 2. The largest absolute Gasteiger partial charge is 0.497 e. The smallest absolute Gasteiger partial charge is 0.221 e. The van der Waals surface area contributed by atoms with E-state index in [9.17, 15) is 21.6 Å². The van der Waals surface area contributed by atoms with Crippen molar-refractivity contribution in [2.45, 2.75) is 29.5 Å². The van der Waals surface area contributed by atoms with E-state index < -0.39 is 36.7 Å². The highest BCUT2D eigenvalue weighted by molar-refractivity contribution is 7.96. The van der Waals surface area contributed by atoms with E-state index in [1.54, 1.807) is 7.11 Å². The van der Waals surface area contributed by atoms with Crippen molar-refractivity contribution in [2.24, 2.45) is 0 Å². The van der Waals surface area contributed by atoms with Crippen LogP contribution in [0.4, 0.5) is 5.69 Å². The monoisotopic (exact) mass is 466 g/mol. The Morgan fingerprint density at radius 1 is 1.06 bits per heavy atom. The number of methoxy groups -OCH3 is 1. The molecule has 10 heteroatoms. The summed E-state index contributed by atoms with van der Waals surface area (Å²) in [5.41, 5.74) is 1.50. The van der Waals surface area contributed by atoms with E-state index in [4.69, 9.17) is 4.74 Å². The summed E-state index contributed by atoms with van der Waals surface area (Å²) in [6.07, 6.45) is 0.624. The van der Waals surface area contributed by atoms with Crippen LogP contribution in [-0.4, -0.2) is 59.2 Å². The number of hydrogen-bond donors (Lipinski definition) is 2. The van der Waals surface area contributed by atoms with E-state index in [0.29, 0.717) is 18.7 Å². The van der Waals surface area contributed by atoms with Gasteiger partial charge >= 0.3 is 0 Å². The first-order valence-corrected chi connectivity index (χ1v) is 13.2. The highest BCUT2D eigenvalue weighted by atomic mass is 32.2. The number of rotatable bonds is 8. The van der Waals surface area contributed by atoms with Crippen molar-refractivity contribution in [3.05, 3.63) is 54.1 Å². The van der Waals surface area contributed by atoms with Gasteiger partial charge in [0.2, 0.25) is 5.91 Å². The number of carbonyl (C=O) groups excluding carboxylic acids is 1. The van der Waals surface area contributed by atoms with Crippen molar-refractivity contribution in [3.8, 4) is 5.75 Å². The Hall–Kier alpha value is -2.43. The molecule has 0 unspecified atom stereocenters. The van der Waals surface area contributed by atoms with Crippen molar-refractivity contribution in [1.29, 1.82) is 0 Å². The lowest BCUT2D eigenvalue weighted by molar-refractivity contribution is -0.114. The van der Waals surface area contributed by atoms with Gasteiger partial charge in [-0.25, -0.2) is 16.8 Å². The zero-order valence-corrected chi connectivity index (χ0v) is 19.0. The van der Waals surface area contributed by atoms with Crippen LogP contribution in [0.5, 0.6) is 5.75 Å². The van der Waals surface area contributed by atoms with Crippen LogP contribution in [0.15, 0.2) is 53.4 Å². The zero-order valence-electron chi connectivity index (χ0n) is 17.4. The van der Waals surface area contributed by atoms with E-state index in [2.05, 4.69) is 10.6 Å². The molecule has 0 saturated carbocycles. The van der Waals surface area contributed by atoms with Crippen LogP contribution < -0.4 is 15.4 Å². The normalized spacial score (nSPS) is 20.3. The maximum Gasteiger partial charge on any atom is 0.221 e. The molecule has 2 aromatic carbocycles. The fraction of sp³-hybridized carbons (Fsp3) is 0.381. The molecule has 0 spiro atoms. The quantitative estimate of drug-likeness (QED) is 0.604. The first-order chi connectivity index (χ1) is 14.6. The average molecular weight is 467 g/mol. The minimum atomic E-state index is -3.88. The molecule has 1 aliphatic rings. The minimum Gasteiger partial charge on any atom is -0.497 e. The fourth-order valence-corrected chi connectivity index (χ4v) is 8.33. The number of anilines is 1. The van der Waals surface area contributed by atoms with Crippen LogP contribution in [0, 0.1) is 0 Å². The lowest BCUT2D eigenvalue weighted by Crippen LogP contribution is -2.44. The van der Waals surface area contributed by atoms with Crippen molar-refractivity contribution >= 4 is 31.3 Å². The predicted octanol–water partition coefficient (Wildman–Crippen LogP) is 1.43. The summed E-state index contributed by atoms with van der Waals surface area (Å²) in [4.78, 5) is 11.2. The standard InChI is InChI=1S/C21H26N2O6S2/c1-15(24)23-17-5-9-19(10-6-17)31(27,28)21-14-30(25,26)13-20(21)22-12-11-16-3-7-18(29-2)8-4-16/h3-10,20-22H,11-14H2,1-2H3,(H,23,24)/t20-,21-/m0/s1. The van der Waals surface area contributed by atoms with Crippen LogP contribution in [0.25, 0.3) is 0 Å². The molecule has 0 radical (unpaired) electrons. The summed E-state index contributed by atoms with van der Waals surface area (Å²) in [5, 5.41) is 4.64. The Kier molecular flexibility index (Phi) is 7.03. The molecule has 1 heterocycles. The lowest BCUT2D eigenvalue weighted by atomic mass is 10.1. The maximum atomic E-state index is 13.2. The molecule has 1 saturated heterocycles. The summed E-state index contributed by atoms with van der Waals surface area (Å²) in [5.74, 6) is -0.153. The van der Waals surface area contributed by atoms with Gasteiger partial charge in [-0.2, -0.15) is 0 Å². The number of sulfone groups is 2. The first kappa shape index (κ1) is 23.2. The molecule has 0 aromatic heterocycles. The molecule has 2 aromatic rings. The molecule has 2 atom stereocenters. The van der Waals surface area contributed by atoms with Crippen molar-refractivity contribution in [3.63, 3.8) is 0 Å². The molecule has 1 fully saturated rings. The number of ether oxygens (including phenoxy) is 1. The van der Waals surface area contributed by atoms with Crippen LogP contribution >= 0.6 is 0 Å². The van der Waals surface area contributed by atoms with E-state index >= 15 is 0 Å². The number of amides is 1. The molecule has 1 amide bonds. The molecular weight excluding hydrogens is 440 g/mol. The van der Waals surface area contributed by atoms with Crippen molar-refractivity contribution < 1.29 is 26.4 Å². The number of hydrogen-bond acceptors (Lipinski definition) is 7. The average Bonchev–Trinajstić information content (AvgIpc) is 3.04. The molecule has 0 aliphatic carbocycles. The SMILES string of the molecule is COc1ccc(CCN[C@H]2CS(=O)(=O)C[C@@H]2S(=O)(=O)c2ccc(NC(C)=O)cc2)cc1. The third-order valence-electron chi connectivity index (χ3n) is 5.18. The number of nitrogens with one attached hydrogen (secondary N) is 2. The molecule has 1 aliphatic heterocycles. The van der Waals surface area contributed by atoms with Gasteiger partial charge in [0.15, 0.2) is 19.7 Å². The third kappa shape index (κ3) is 5.84. The van der Waals surface area contributed by atoms with Crippen LogP contribution in [-0.2, 0) is 30.9 Å².